The maximum Gasteiger partial charge on any atom is 0.252 e. The number of benzene rings is 2. The van der Waals surface area contributed by atoms with Crippen molar-refractivity contribution in [2.45, 2.75) is 56.1 Å². The molecular weight excluding hydrogens is 355 g/mol. The Hall–Kier alpha value is -2.69. The van der Waals surface area contributed by atoms with Crippen LogP contribution in [0.2, 0.25) is 0 Å². The third kappa shape index (κ3) is 2.89. The number of fused-ring (bicyclic) bond motifs is 3. The fraction of sp³-hybridized carbons (Fsp3) is 0.391. The zero-order valence-electron chi connectivity index (χ0n) is 15.6. The summed E-state index contributed by atoms with van der Waals surface area (Å²) in [4.78, 5) is 27.4. The van der Waals surface area contributed by atoms with E-state index >= 15 is 0 Å². The Morgan fingerprint density at radius 1 is 1.04 bits per heavy atom. The van der Waals surface area contributed by atoms with E-state index in [4.69, 9.17) is 0 Å². The van der Waals surface area contributed by atoms with Gasteiger partial charge in [-0.3, -0.25) is 9.59 Å². The second-order valence-electron chi connectivity index (χ2n) is 8.22. The van der Waals surface area contributed by atoms with Crippen molar-refractivity contribution in [3.05, 3.63) is 71.0 Å². The molecule has 0 radical (unpaired) electrons. The Bertz CT molecular complexity index is 912. The van der Waals surface area contributed by atoms with Gasteiger partial charge in [-0.05, 0) is 60.9 Å². The molecule has 0 saturated carbocycles. The van der Waals surface area contributed by atoms with Gasteiger partial charge in [0.2, 0.25) is 5.91 Å². The van der Waals surface area contributed by atoms with Crippen molar-refractivity contribution in [2.75, 3.05) is 0 Å². The van der Waals surface area contributed by atoms with Crippen LogP contribution in [0.1, 0.15) is 65.5 Å². The summed E-state index contributed by atoms with van der Waals surface area (Å²) in [6.07, 6.45) is 4.24. The lowest BCUT2D eigenvalue weighted by atomic mass is 9.84. The average Bonchev–Trinajstić information content (AvgIpc) is 3.16. The van der Waals surface area contributed by atoms with E-state index in [1.54, 1.807) is 0 Å². The topological polar surface area (TPSA) is 49.4 Å². The van der Waals surface area contributed by atoms with Gasteiger partial charge < -0.3 is 10.2 Å². The van der Waals surface area contributed by atoms with Gasteiger partial charge in [-0.15, -0.1) is 0 Å². The molecule has 2 amide bonds. The number of hydrogen-bond acceptors (Lipinski definition) is 2. The van der Waals surface area contributed by atoms with Gasteiger partial charge in [-0.25, -0.2) is 4.39 Å². The molecule has 28 heavy (non-hydrogen) atoms. The highest BCUT2D eigenvalue weighted by Gasteiger charge is 2.44. The van der Waals surface area contributed by atoms with Crippen LogP contribution in [0.15, 0.2) is 48.5 Å². The summed E-state index contributed by atoms with van der Waals surface area (Å²) in [6.45, 7) is 0. The fourth-order valence-corrected chi connectivity index (χ4v) is 5.35. The van der Waals surface area contributed by atoms with Gasteiger partial charge in [-0.1, -0.05) is 30.3 Å². The summed E-state index contributed by atoms with van der Waals surface area (Å²) in [5, 5.41) is 2.96. The molecule has 2 bridgehead atoms. The van der Waals surface area contributed by atoms with E-state index in [2.05, 4.69) is 10.2 Å². The minimum absolute atomic E-state index is 0.0913. The second-order valence-corrected chi connectivity index (χ2v) is 8.22. The van der Waals surface area contributed by atoms with Crippen molar-refractivity contribution < 1.29 is 14.0 Å². The molecular formula is C23H23FN2O2. The molecule has 2 saturated heterocycles. The SMILES string of the molecule is O=C1N[C@H](CC(=O)N2[C@H]3CC[C@H]2CC(c2ccc(F)cc2)C3)c2ccccc21. The molecule has 0 unspecified atom stereocenters. The maximum absolute atomic E-state index is 13.2. The highest BCUT2D eigenvalue weighted by atomic mass is 19.1. The first-order valence-electron chi connectivity index (χ1n) is 10.1. The van der Waals surface area contributed by atoms with Crippen LogP contribution >= 0.6 is 0 Å². The van der Waals surface area contributed by atoms with E-state index < -0.39 is 0 Å². The van der Waals surface area contributed by atoms with Crippen molar-refractivity contribution in [1.29, 1.82) is 0 Å². The summed E-state index contributed by atoms with van der Waals surface area (Å²) in [7, 11) is 0. The zero-order chi connectivity index (χ0) is 19.3. The predicted octanol–water partition coefficient (Wildman–Crippen LogP) is 3.94. The van der Waals surface area contributed by atoms with Gasteiger partial charge in [0, 0.05) is 17.6 Å². The lowest BCUT2D eigenvalue weighted by Crippen LogP contribution is -2.46. The molecule has 5 heteroatoms. The molecule has 3 aliphatic heterocycles. The first kappa shape index (κ1) is 17.4. The van der Waals surface area contributed by atoms with Gasteiger partial charge in [0.25, 0.3) is 5.91 Å². The third-order valence-electron chi connectivity index (χ3n) is 6.63. The first-order chi connectivity index (χ1) is 13.6. The Labute approximate surface area is 163 Å². The smallest absolute Gasteiger partial charge is 0.252 e. The lowest BCUT2D eigenvalue weighted by Gasteiger charge is -2.39. The van der Waals surface area contributed by atoms with Crippen molar-refractivity contribution in [2.24, 2.45) is 0 Å². The van der Waals surface area contributed by atoms with E-state index in [9.17, 15) is 14.0 Å². The Balaban J connectivity index is 1.30. The van der Waals surface area contributed by atoms with Crippen LogP contribution in [0.25, 0.3) is 0 Å². The van der Waals surface area contributed by atoms with Crippen molar-refractivity contribution in [3.63, 3.8) is 0 Å². The third-order valence-corrected chi connectivity index (χ3v) is 6.63. The molecule has 2 aromatic rings. The normalized spacial score (nSPS) is 28.2. The second kappa shape index (κ2) is 6.73. The van der Waals surface area contributed by atoms with Crippen LogP contribution in [0, 0.1) is 5.82 Å². The number of piperidine rings is 1. The van der Waals surface area contributed by atoms with E-state index in [0.29, 0.717) is 17.9 Å². The zero-order valence-corrected chi connectivity index (χ0v) is 15.6. The van der Waals surface area contributed by atoms with Crippen LogP contribution in [-0.2, 0) is 4.79 Å². The number of nitrogens with one attached hydrogen (secondary N) is 1. The Kier molecular flexibility index (Phi) is 4.18. The molecule has 3 aliphatic rings. The maximum atomic E-state index is 13.2. The van der Waals surface area contributed by atoms with Gasteiger partial charge in [0.15, 0.2) is 0 Å². The number of amides is 2. The van der Waals surface area contributed by atoms with Crippen molar-refractivity contribution in [3.8, 4) is 0 Å². The largest absolute Gasteiger partial charge is 0.345 e. The highest BCUT2D eigenvalue weighted by molar-refractivity contribution is 5.99. The fourth-order valence-electron chi connectivity index (χ4n) is 5.35. The molecule has 4 nitrogen and oxygen atoms in total. The van der Waals surface area contributed by atoms with Gasteiger partial charge >= 0.3 is 0 Å². The molecule has 0 spiro atoms. The van der Waals surface area contributed by atoms with Crippen LogP contribution in [0.3, 0.4) is 0 Å². The molecule has 144 valence electrons. The first-order valence-corrected chi connectivity index (χ1v) is 10.1. The molecule has 3 atom stereocenters. The summed E-state index contributed by atoms with van der Waals surface area (Å²) in [5.41, 5.74) is 2.77. The Morgan fingerprint density at radius 2 is 1.71 bits per heavy atom. The van der Waals surface area contributed by atoms with Gasteiger partial charge in [0.1, 0.15) is 5.82 Å². The lowest BCUT2D eigenvalue weighted by molar-refractivity contribution is -0.136. The van der Waals surface area contributed by atoms with Gasteiger partial charge in [-0.2, -0.15) is 0 Å². The molecule has 0 aromatic heterocycles. The minimum atomic E-state index is -0.231. The van der Waals surface area contributed by atoms with Crippen molar-refractivity contribution >= 4 is 11.8 Å². The number of rotatable bonds is 3. The number of carbonyl (C=O) groups is 2. The highest BCUT2D eigenvalue weighted by Crippen LogP contribution is 2.44. The van der Waals surface area contributed by atoms with E-state index in [1.165, 1.54) is 17.7 Å². The molecule has 2 aromatic carbocycles. The summed E-state index contributed by atoms with van der Waals surface area (Å²) in [5.74, 6) is 0.214. The summed E-state index contributed by atoms with van der Waals surface area (Å²) in [6, 6.07) is 14.6. The molecule has 1 N–H and O–H groups in total. The van der Waals surface area contributed by atoms with Gasteiger partial charge in [0.05, 0.1) is 12.5 Å². The monoisotopic (exact) mass is 378 g/mol. The van der Waals surface area contributed by atoms with Crippen LogP contribution in [0.5, 0.6) is 0 Å². The van der Waals surface area contributed by atoms with E-state index in [0.717, 1.165) is 31.2 Å². The number of carbonyl (C=O) groups excluding carboxylic acids is 2. The molecule has 2 fully saturated rings. The van der Waals surface area contributed by atoms with Crippen LogP contribution in [-0.4, -0.2) is 28.8 Å². The standard InChI is InChI=1S/C23H23FN2O2/c24-16-7-5-14(6-8-16)15-11-17-9-10-18(12-15)26(17)22(27)13-21-19-3-1-2-4-20(19)23(28)25-21/h1-8,15,17-18,21H,9-13H2,(H,25,28)/t17-,18-,21+/m0/s1. The average molecular weight is 378 g/mol. The van der Waals surface area contributed by atoms with Crippen molar-refractivity contribution in [1.82, 2.24) is 10.2 Å². The molecule has 0 aliphatic carbocycles. The summed E-state index contributed by atoms with van der Waals surface area (Å²) >= 11 is 0. The molecule has 5 rings (SSSR count). The number of hydrogen-bond donors (Lipinski definition) is 1. The summed E-state index contributed by atoms with van der Waals surface area (Å²) < 4.78 is 13.2. The van der Waals surface area contributed by atoms with Crippen LogP contribution < -0.4 is 5.32 Å². The number of nitrogens with zero attached hydrogens (tertiary/aromatic N) is 1. The quantitative estimate of drug-likeness (QED) is 0.880. The predicted molar refractivity (Wildman–Crippen MR) is 103 cm³/mol. The van der Waals surface area contributed by atoms with Crippen LogP contribution in [0.4, 0.5) is 4.39 Å². The van der Waals surface area contributed by atoms with E-state index in [-0.39, 0.29) is 35.8 Å². The number of halogens is 1. The molecule has 3 heterocycles. The minimum Gasteiger partial charge on any atom is -0.345 e. The van der Waals surface area contributed by atoms with E-state index in [1.807, 2.05) is 36.4 Å². The Morgan fingerprint density at radius 3 is 2.43 bits per heavy atom.